The van der Waals surface area contributed by atoms with E-state index in [1.807, 2.05) is 30.3 Å². The van der Waals surface area contributed by atoms with Gasteiger partial charge in [-0.05, 0) is 18.4 Å². The van der Waals surface area contributed by atoms with E-state index in [1.165, 1.54) is 0 Å². The van der Waals surface area contributed by atoms with Crippen LogP contribution in [0, 0.1) is 0 Å². The predicted octanol–water partition coefficient (Wildman–Crippen LogP) is 0.675. The summed E-state index contributed by atoms with van der Waals surface area (Å²) in [5, 5.41) is 2.68. The van der Waals surface area contributed by atoms with E-state index < -0.39 is 10.0 Å². The minimum Gasteiger partial charge on any atom is -0.355 e. The molecule has 0 fully saturated rings. The Morgan fingerprint density at radius 2 is 1.89 bits per heavy atom. The summed E-state index contributed by atoms with van der Waals surface area (Å²) in [5.41, 5.74) is 1.13. The van der Waals surface area contributed by atoms with Gasteiger partial charge in [0.05, 0.1) is 12.3 Å². The van der Waals surface area contributed by atoms with Crippen LogP contribution in [-0.2, 0) is 21.2 Å². The number of nitrogens with one attached hydrogen (secondary N) is 2. The van der Waals surface area contributed by atoms with Crippen molar-refractivity contribution in [1.82, 2.24) is 10.0 Å². The molecule has 0 spiro atoms. The third kappa shape index (κ3) is 6.93. The molecule has 1 aromatic rings. The standard InChI is InChI=1S/C13H20N2O3S/c1-2-10-19(17,18)15-11-13(16)14-9-8-12-6-4-3-5-7-12/h3-7,15H,2,8-11H2,1H3,(H,14,16). The van der Waals surface area contributed by atoms with Gasteiger partial charge < -0.3 is 5.32 Å². The van der Waals surface area contributed by atoms with Gasteiger partial charge in [-0.15, -0.1) is 0 Å². The van der Waals surface area contributed by atoms with Crippen LogP contribution < -0.4 is 10.0 Å². The molecule has 1 rings (SSSR count). The van der Waals surface area contributed by atoms with Crippen molar-refractivity contribution in [1.29, 1.82) is 0 Å². The fourth-order valence-corrected chi connectivity index (χ4v) is 2.60. The lowest BCUT2D eigenvalue weighted by Gasteiger charge is -2.07. The Balaban J connectivity index is 2.22. The Morgan fingerprint density at radius 1 is 1.21 bits per heavy atom. The highest BCUT2D eigenvalue weighted by molar-refractivity contribution is 7.89. The summed E-state index contributed by atoms with van der Waals surface area (Å²) in [7, 11) is -3.31. The second-order valence-electron chi connectivity index (χ2n) is 4.23. The molecule has 106 valence electrons. The van der Waals surface area contributed by atoms with E-state index in [0.717, 1.165) is 12.0 Å². The molecule has 0 aliphatic rings. The fourth-order valence-electron chi connectivity index (χ4n) is 1.57. The normalized spacial score (nSPS) is 11.2. The van der Waals surface area contributed by atoms with Crippen molar-refractivity contribution in [3.8, 4) is 0 Å². The quantitative estimate of drug-likeness (QED) is 0.737. The van der Waals surface area contributed by atoms with Gasteiger partial charge in [0.25, 0.3) is 0 Å². The zero-order chi connectivity index (χ0) is 14.1. The molecule has 1 aromatic carbocycles. The Hall–Kier alpha value is -1.40. The summed E-state index contributed by atoms with van der Waals surface area (Å²) in [6, 6.07) is 9.78. The van der Waals surface area contributed by atoms with Crippen LogP contribution in [-0.4, -0.2) is 33.2 Å². The van der Waals surface area contributed by atoms with Gasteiger partial charge in [-0.2, -0.15) is 0 Å². The zero-order valence-electron chi connectivity index (χ0n) is 11.1. The molecule has 0 radical (unpaired) electrons. The molecule has 0 aliphatic carbocycles. The monoisotopic (exact) mass is 284 g/mol. The van der Waals surface area contributed by atoms with Crippen molar-refractivity contribution in [2.45, 2.75) is 19.8 Å². The maximum Gasteiger partial charge on any atom is 0.235 e. The lowest BCUT2D eigenvalue weighted by atomic mass is 10.1. The van der Waals surface area contributed by atoms with Crippen LogP contribution in [0.15, 0.2) is 30.3 Å². The average molecular weight is 284 g/mol. The number of amides is 1. The van der Waals surface area contributed by atoms with Gasteiger partial charge in [0, 0.05) is 6.54 Å². The molecule has 0 aromatic heterocycles. The molecule has 6 heteroatoms. The molecule has 0 atom stereocenters. The maximum absolute atomic E-state index is 11.4. The van der Waals surface area contributed by atoms with E-state index in [2.05, 4.69) is 10.0 Å². The van der Waals surface area contributed by atoms with E-state index in [4.69, 9.17) is 0 Å². The molecule has 2 N–H and O–H groups in total. The zero-order valence-corrected chi connectivity index (χ0v) is 11.9. The number of rotatable bonds is 8. The highest BCUT2D eigenvalue weighted by Crippen LogP contribution is 1.97. The van der Waals surface area contributed by atoms with E-state index in [0.29, 0.717) is 13.0 Å². The molecule has 0 bridgehead atoms. The molecule has 0 saturated carbocycles. The van der Waals surface area contributed by atoms with Gasteiger partial charge >= 0.3 is 0 Å². The number of hydrogen-bond donors (Lipinski definition) is 2. The topological polar surface area (TPSA) is 75.3 Å². The summed E-state index contributed by atoms with van der Waals surface area (Å²) in [4.78, 5) is 11.4. The van der Waals surface area contributed by atoms with Gasteiger partial charge in [-0.3, -0.25) is 4.79 Å². The minimum absolute atomic E-state index is 0.0459. The molecular weight excluding hydrogens is 264 g/mol. The van der Waals surface area contributed by atoms with Gasteiger partial charge in [0.15, 0.2) is 0 Å². The first kappa shape index (κ1) is 15.7. The lowest BCUT2D eigenvalue weighted by Crippen LogP contribution is -2.38. The van der Waals surface area contributed by atoms with Gasteiger partial charge in [-0.1, -0.05) is 37.3 Å². The Labute approximate surface area is 114 Å². The number of carbonyl (C=O) groups is 1. The molecular formula is C13H20N2O3S. The number of sulfonamides is 1. The van der Waals surface area contributed by atoms with Crippen molar-refractivity contribution >= 4 is 15.9 Å². The summed E-state index contributed by atoms with van der Waals surface area (Å²) in [6.45, 7) is 2.08. The summed E-state index contributed by atoms with van der Waals surface area (Å²) in [5.74, 6) is -0.264. The Bertz CT molecular complexity index is 486. The summed E-state index contributed by atoms with van der Waals surface area (Å²) < 4.78 is 24.9. The first-order valence-corrected chi connectivity index (χ1v) is 7.96. The Morgan fingerprint density at radius 3 is 2.53 bits per heavy atom. The third-order valence-corrected chi connectivity index (χ3v) is 4.03. The highest BCUT2D eigenvalue weighted by atomic mass is 32.2. The van der Waals surface area contributed by atoms with Gasteiger partial charge in [0.2, 0.25) is 15.9 Å². The van der Waals surface area contributed by atoms with Crippen molar-refractivity contribution in [2.75, 3.05) is 18.8 Å². The van der Waals surface area contributed by atoms with Crippen molar-refractivity contribution in [2.24, 2.45) is 0 Å². The van der Waals surface area contributed by atoms with Crippen molar-refractivity contribution in [3.05, 3.63) is 35.9 Å². The molecule has 0 saturated heterocycles. The first-order chi connectivity index (χ1) is 9.03. The maximum atomic E-state index is 11.4. The van der Waals surface area contributed by atoms with Crippen LogP contribution in [0.2, 0.25) is 0 Å². The SMILES string of the molecule is CCCS(=O)(=O)NCC(=O)NCCc1ccccc1. The number of carbonyl (C=O) groups excluding carboxylic acids is 1. The predicted molar refractivity (Wildman–Crippen MR) is 75.2 cm³/mol. The summed E-state index contributed by atoms with van der Waals surface area (Å²) >= 11 is 0. The van der Waals surface area contributed by atoms with Crippen LogP contribution in [0.4, 0.5) is 0 Å². The largest absolute Gasteiger partial charge is 0.355 e. The van der Waals surface area contributed by atoms with E-state index in [-0.39, 0.29) is 18.2 Å². The van der Waals surface area contributed by atoms with E-state index in [1.54, 1.807) is 6.92 Å². The van der Waals surface area contributed by atoms with Crippen LogP contribution in [0.3, 0.4) is 0 Å². The van der Waals surface area contributed by atoms with Gasteiger partial charge in [0.1, 0.15) is 0 Å². The second kappa shape index (κ2) is 7.91. The van der Waals surface area contributed by atoms with Crippen LogP contribution in [0.25, 0.3) is 0 Å². The van der Waals surface area contributed by atoms with Crippen molar-refractivity contribution in [3.63, 3.8) is 0 Å². The smallest absolute Gasteiger partial charge is 0.235 e. The molecule has 1 amide bonds. The van der Waals surface area contributed by atoms with Crippen molar-refractivity contribution < 1.29 is 13.2 Å². The third-order valence-electron chi connectivity index (χ3n) is 2.50. The Kier molecular flexibility index (Phi) is 6.52. The minimum atomic E-state index is -3.31. The number of hydrogen-bond acceptors (Lipinski definition) is 3. The average Bonchev–Trinajstić information content (AvgIpc) is 2.38. The van der Waals surface area contributed by atoms with Gasteiger partial charge in [-0.25, -0.2) is 13.1 Å². The highest BCUT2D eigenvalue weighted by Gasteiger charge is 2.10. The molecule has 0 aliphatic heterocycles. The van der Waals surface area contributed by atoms with Crippen LogP contribution in [0.5, 0.6) is 0 Å². The lowest BCUT2D eigenvalue weighted by molar-refractivity contribution is -0.119. The number of benzene rings is 1. The molecule has 0 unspecified atom stereocenters. The van der Waals surface area contributed by atoms with Crippen LogP contribution >= 0.6 is 0 Å². The second-order valence-corrected chi connectivity index (χ2v) is 6.15. The van der Waals surface area contributed by atoms with E-state index in [9.17, 15) is 13.2 Å². The van der Waals surface area contributed by atoms with Crippen LogP contribution in [0.1, 0.15) is 18.9 Å². The molecule has 5 nitrogen and oxygen atoms in total. The molecule has 0 heterocycles. The fraction of sp³-hybridized carbons (Fsp3) is 0.462. The molecule has 19 heavy (non-hydrogen) atoms. The first-order valence-electron chi connectivity index (χ1n) is 6.31. The summed E-state index contributed by atoms with van der Waals surface area (Å²) in [6.07, 6.45) is 1.26. The van der Waals surface area contributed by atoms with E-state index >= 15 is 0 Å².